The lowest BCUT2D eigenvalue weighted by Gasteiger charge is -2.17. The van der Waals surface area contributed by atoms with Gasteiger partial charge in [-0.15, -0.1) is 0 Å². The van der Waals surface area contributed by atoms with Crippen molar-refractivity contribution < 1.29 is 18.9 Å². The number of ether oxygens (including phenoxy) is 4. The van der Waals surface area contributed by atoms with Crippen LogP contribution in [-0.2, 0) is 0 Å². The zero-order valence-electron chi connectivity index (χ0n) is 16.3. The first-order valence-corrected chi connectivity index (χ1v) is 8.74. The fraction of sp³-hybridized carbons (Fsp3) is 0.182. The Labute approximate surface area is 162 Å². The molecule has 0 heterocycles. The van der Waals surface area contributed by atoms with Crippen molar-refractivity contribution in [3.05, 3.63) is 36.4 Å². The smallest absolute Gasteiger partial charge is 0.161 e. The van der Waals surface area contributed by atoms with Gasteiger partial charge in [0.25, 0.3) is 0 Å². The summed E-state index contributed by atoms with van der Waals surface area (Å²) in [6, 6.07) is 11.7. The van der Waals surface area contributed by atoms with Crippen molar-refractivity contribution >= 4 is 43.7 Å². The van der Waals surface area contributed by atoms with Gasteiger partial charge in [-0.25, -0.2) is 0 Å². The molecule has 0 unspecified atom stereocenters. The average molecular weight is 378 g/mol. The van der Waals surface area contributed by atoms with E-state index < -0.39 is 0 Å². The van der Waals surface area contributed by atoms with Crippen LogP contribution in [0, 0.1) is 0 Å². The van der Waals surface area contributed by atoms with Crippen molar-refractivity contribution in [3.63, 3.8) is 0 Å². The summed E-state index contributed by atoms with van der Waals surface area (Å²) in [5.41, 5.74) is 13.3. The predicted molar refractivity (Wildman–Crippen MR) is 114 cm³/mol. The molecule has 0 spiro atoms. The molecule has 0 fully saturated rings. The number of hydrogen-bond donors (Lipinski definition) is 2. The summed E-state index contributed by atoms with van der Waals surface area (Å²) in [6.07, 6.45) is 0. The first-order valence-electron chi connectivity index (χ1n) is 8.74. The first-order chi connectivity index (χ1) is 13.5. The number of nitrogens with two attached hydrogens (primary N) is 2. The minimum Gasteiger partial charge on any atom is -0.493 e. The molecular formula is C22H22N2O4. The second-order valence-corrected chi connectivity index (χ2v) is 6.53. The van der Waals surface area contributed by atoms with E-state index in [0.29, 0.717) is 34.4 Å². The van der Waals surface area contributed by atoms with Crippen LogP contribution in [0.3, 0.4) is 0 Å². The van der Waals surface area contributed by atoms with Crippen molar-refractivity contribution in [2.75, 3.05) is 39.9 Å². The van der Waals surface area contributed by atoms with Gasteiger partial charge in [-0.05, 0) is 68.7 Å². The molecule has 4 N–H and O–H groups in total. The Morgan fingerprint density at radius 1 is 0.429 bits per heavy atom. The highest BCUT2D eigenvalue weighted by molar-refractivity contribution is 6.27. The van der Waals surface area contributed by atoms with Gasteiger partial charge in [0.15, 0.2) is 23.0 Å². The largest absolute Gasteiger partial charge is 0.493 e. The van der Waals surface area contributed by atoms with Crippen molar-refractivity contribution in [3.8, 4) is 23.0 Å². The molecule has 4 aromatic rings. The zero-order valence-corrected chi connectivity index (χ0v) is 16.3. The summed E-state index contributed by atoms with van der Waals surface area (Å²) in [5, 5.41) is 5.90. The van der Waals surface area contributed by atoms with Gasteiger partial charge in [0.2, 0.25) is 0 Å². The molecule has 4 rings (SSSR count). The Kier molecular flexibility index (Phi) is 4.19. The highest BCUT2D eigenvalue weighted by atomic mass is 16.5. The summed E-state index contributed by atoms with van der Waals surface area (Å²) in [6.45, 7) is 0. The second-order valence-electron chi connectivity index (χ2n) is 6.53. The molecule has 6 heteroatoms. The van der Waals surface area contributed by atoms with Gasteiger partial charge in [0, 0.05) is 0 Å². The van der Waals surface area contributed by atoms with Crippen LogP contribution in [0.4, 0.5) is 11.4 Å². The van der Waals surface area contributed by atoms with Crippen molar-refractivity contribution in [1.82, 2.24) is 0 Å². The normalized spacial score (nSPS) is 11.1. The molecule has 28 heavy (non-hydrogen) atoms. The number of anilines is 2. The highest BCUT2D eigenvalue weighted by Gasteiger charge is 2.17. The Morgan fingerprint density at radius 3 is 0.857 bits per heavy atom. The monoisotopic (exact) mass is 378 g/mol. The number of methoxy groups -OCH3 is 4. The van der Waals surface area contributed by atoms with E-state index in [1.807, 2.05) is 36.4 Å². The standard InChI is InChI=1S/C22H22N2O4/c1-25-19-7-13-11-5-17(23)18(24)6-12(11)14-8-20(26-2)22(28-4)10-16(14)15(13)9-21(19)27-3/h5-10H,23-24H2,1-4H3. The maximum absolute atomic E-state index is 6.12. The Balaban J connectivity index is 2.31. The molecule has 144 valence electrons. The van der Waals surface area contributed by atoms with Gasteiger partial charge in [-0.3, -0.25) is 0 Å². The number of rotatable bonds is 4. The fourth-order valence-corrected chi connectivity index (χ4v) is 3.73. The van der Waals surface area contributed by atoms with Gasteiger partial charge in [0.05, 0.1) is 39.8 Å². The third-order valence-electron chi connectivity index (χ3n) is 5.14. The molecule has 0 aliphatic carbocycles. The van der Waals surface area contributed by atoms with Crippen LogP contribution in [0.1, 0.15) is 0 Å². The number of hydrogen-bond acceptors (Lipinski definition) is 6. The van der Waals surface area contributed by atoms with Crippen LogP contribution in [0.15, 0.2) is 36.4 Å². The van der Waals surface area contributed by atoms with Gasteiger partial charge < -0.3 is 30.4 Å². The van der Waals surface area contributed by atoms with Gasteiger partial charge in [-0.1, -0.05) is 0 Å². The summed E-state index contributed by atoms with van der Waals surface area (Å²) >= 11 is 0. The lowest BCUT2D eigenvalue weighted by atomic mass is 9.92. The van der Waals surface area contributed by atoms with Gasteiger partial charge >= 0.3 is 0 Å². The van der Waals surface area contributed by atoms with E-state index >= 15 is 0 Å². The molecule has 0 amide bonds. The molecule has 0 aliphatic rings. The van der Waals surface area contributed by atoms with Crippen LogP contribution in [0.5, 0.6) is 23.0 Å². The maximum atomic E-state index is 6.12. The molecule has 0 bridgehead atoms. The van der Waals surface area contributed by atoms with Crippen molar-refractivity contribution in [2.24, 2.45) is 0 Å². The Morgan fingerprint density at radius 2 is 0.643 bits per heavy atom. The minimum atomic E-state index is 0.531. The molecule has 0 aromatic heterocycles. The van der Waals surface area contributed by atoms with Gasteiger partial charge in [0.1, 0.15) is 0 Å². The van der Waals surface area contributed by atoms with Crippen molar-refractivity contribution in [1.29, 1.82) is 0 Å². The molecule has 0 aliphatic heterocycles. The molecule has 4 aromatic carbocycles. The van der Waals surface area contributed by atoms with E-state index in [4.69, 9.17) is 30.4 Å². The molecule has 0 radical (unpaired) electrons. The quantitative estimate of drug-likeness (QED) is 0.405. The SMILES string of the molecule is COc1cc2c3cc(N)c(N)cc3c3cc(OC)c(OC)cc3c2cc1OC. The topological polar surface area (TPSA) is 89.0 Å². The molecular weight excluding hydrogens is 356 g/mol. The molecule has 0 saturated heterocycles. The van der Waals surface area contributed by atoms with E-state index in [1.165, 1.54) is 0 Å². The Bertz CT molecular complexity index is 1140. The van der Waals surface area contributed by atoms with Gasteiger partial charge in [-0.2, -0.15) is 0 Å². The summed E-state index contributed by atoms with van der Waals surface area (Å²) in [7, 11) is 6.48. The van der Waals surface area contributed by atoms with E-state index in [1.54, 1.807) is 28.4 Å². The minimum absolute atomic E-state index is 0.531. The third kappa shape index (κ3) is 2.49. The maximum Gasteiger partial charge on any atom is 0.161 e. The van der Waals surface area contributed by atoms with Crippen LogP contribution >= 0.6 is 0 Å². The third-order valence-corrected chi connectivity index (χ3v) is 5.14. The van der Waals surface area contributed by atoms with Crippen LogP contribution < -0.4 is 30.4 Å². The summed E-state index contributed by atoms with van der Waals surface area (Å²) < 4.78 is 22.1. The van der Waals surface area contributed by atoms with Crippen LogP contribution in [0.2, 0.25) is 0 Å². The number of nitrogen functional groups attached to an aromatic ring is 2. The fourth-order valence-electron chi connectivity index (χ4n) is 3.73. The molecule has 0 atom stereocenters. The van der Waals surface area contributed by atoms with Crippen LogP contribution in [0.25, 0.3) is 32.3 Å². The first kappa shape index (κ1) is 17.9. The van der Waals surface area contributed by atoms with Crippen molar-refractivity contribution in [2.45, 2.75) is 0 Å². The van der Waals surface area contributed by atoms with E-state index in [-0.39, 0.29) is 0 Å². The molecule has 6 nitrogen and oxygen atoms in total. The predicted octanol–water partition coefficient (Wildman–Crippen LogP) is 4.35. The number of fused-ring (bicyclic) bond motifs is 6. The average Bonchev–Trinajstić information content (AvgIpc) is 2.73. The van der Waals surface area contributed by atoms with E-state index in [0.717, 1.165) is 32.3 Å². The Hall–Kier alpha value is -3.54. The lowest BCUT2D eigenvalue weighted by Crippen LogP contribution is -1.97. The highest BCUT2D eigenvalue weighted by Crippen LogP contribution is 2.45. The zero-order chi connectivity index (χ0) is 20.0. The second kappa shape index (κ2) is 6.56. The van der Waals surface area contributed by atoms with Crippen LogP contribution in [-0.4, -0.2) is 28.4 Å². The summed E-state index contributed by atoms with van der Waals surface area (Å²) in [4.78, 5) is 0. The molecule has 0 saturated carbocycles. The van der Waals surface area contributed by atoms with E-state index in [9.17, 15) is 0 Å². The summed E-state index contributed by atoms with van der Waals surface area (Å²) in [5.74, 6) is 2.58. The van der Waals surface area contributed by atoms with E-state index in [2.05, 4.69) is 0 Å². The lowest BCUT2D eigenvalue weighted by molar-refractivity contribution is 0.355. The number of benzene rings is 4.